The molecule has 1 unspecified atom stereocenters. The first-order chi connectivity index (χ1) is 4.46. The first kappa shape index (κ1) is 8.94. The molecule has 0 bridgehead atoms. The van der Waals surface area contributed by atoms with Gasteiger partial charge in [0.15, 0.2) is 5.92 Å². The lowest BCUT2D eigenvalue weighted by Crippen LogP contribution is -2.28. The predicted octanol–water partition coefficient (Wildman–Crippen LogP) is 0.242. The number of aliphatic carboxylic acids is 2. The minimum atomic E-state index is -1.39. The van der Waals surface area contributed by atoms with Crippen LogP contribution in [0, 0.1) is 18.8 Å². The highest BCUT2D eigenvalue weighted by Gasteiger charge is 2.28. The van der Waals surface area contributed by atoms with Gasteiger partial charge in [0.25, 0.3) is 0 Å². The van der Waals surface area contributed by atoms with Crippen molar-refractivity contribution < 1.29 is 19.8 Å². The monoisotopic (exact) mass is 145 g/mol. The Morgan fingerprint density at radius 1 is 1.30 bits per heavy atom. The Labute approximate surface area is 58.5 Å². The summed E-state index contributed by atoms with van der Waals surface area (Å²) >= 11 is 0. The van der Waals surface area contributed by atoms with Crippen LogP contribution in [0.15, 0.2) is 0 Å². The van der Waals surface area contributed by atoms with Gasteiger partial charge in [0, 0.05) is 0 Å². The van der Waals surface area contributed by atoms with Gasteiger partial charge in [-0.2, -0.15) is 0 Å². The van der Waals surface area contributed by atoms with Gasteiger partial charge in [-0.15, -0.1) is 0 Å². The minimum Gasteiger partial charge on any atom is -0.481 e. The fourth-order valence-electron chi connectivity index (χ4n) is 0.592. The van der Waals surface area contributed by atoms with Crippen LogP contribution < -0.4 is 0 Å². The fourth-order valence-corrected chi connectivity index (χ4v) is 0.592. The molecule has 0 aromatic rings. The average molecular weight is 145 g/mol. The zero-order valence-corrected chi connectivity index (χ0v) is 5.57. The van der Waals surface area contributed by atoms with E-state index in [9.17, 15) is 9.59 Å². The van der Waals surface area contributed by atoms with E-state index in [1.54, 1.807) is 0 Å². The van der Waals surface area contributed by atoms with Crippen molar-refractivity contribution in [3.8, 4) is 0 Å². The molecule has 10 heavy (non-hydrogen) atoms. The second-order valence-electron chi connectivity index (χ2n) is 2.13. The molecular weight excluding hydrogens is 136 g/mol. The van der Waals surface area contributed by atoms with Gasteiger partial charge in [0.05, 0.1) is 0 Å². The molecule has 0 aromatic carbocycles. The number of hydrogen-bond acceptors (Lipinski definition) is 2. The normalized spacial score (nSPS) is 10.4. The molecule has 0 spiro atoms. The third-order valence-corrected chi connectivity index (χ3v) is 1.10. The molecular formula is C6H9O4. The second kappa shape index (κ2) is 3.20. The van der Waals surface area contributed by atoms with E-state index >= 15 is 0 Å². The average Bonchev–Trinajstić information content (AvgIpc) is 1.59. The smallest absolute Gasteiger partial charge is 0.318 e. The van der Waals surface area contributed by atoms with Gasteiger partial charge < -0.3 is 10.2 Å². The summed E-state index contributed by atoms with van der Waals surface area (Å²) in [7, 11) is 0. The van der Waals surface area contributed by atoms with Crippen LogP contribution in [0.2, 0.25) is 0 Å². The van der Waals surface area contributed by atoms with Crippen LogP contribution >= 0.6 is 0 Å². The highest BCUT2D eigenvalue weighted by atomic mass is 16.4. The summed E-state index contributed by atoms with van der Waals surface area (Å²) in [5, 5.41) is 16.6. The summed E-state index contributed by atoms with van der Waals surface area (Å²) in [6, 6.07) is 0. The Bertz CT molecular complexity index is 136. The van der Waals surface area contributed by atoms with Gasteiger partial charge in [-0.05, 0) is 12.8 Å². The van der Waals surface area contributed by atoms with E-state index in [1.807, 2.05) is 0 Å². The Balaban J connectivity index is 4.27. The van der Waals surface area contributed by atoms with E-state index in [0.717, 1.165) is 0 Å². The molecule has 2 N–H and O–H groups in total. The topological polar surface area (TPSA) is 74.6 Å². The van der Waals surface area contributed by atoms with Crippen LogP contribution in [0.3, 0.4) is 0 Å². The third kappa shape index (κ3) is 2.05. The van der Waals surface area contributed by atoms with Crippen molar-refractivity contribution in [1.29, 1.82) is 0 Å². The number of carboxylic acids is 2. The van der Waals surface area contributed by atoms with Gasteiger partial charge in [0.1, 0.15) is 0 Å². The largest absolute Gasteiger partial charge is 0.481 e. The SMILES string of the molecule is [CH2]C(C)C(C(=O)O)C(=O)O. The van der Waals surface area contributed by atoms with Crippen LogP contribution in [0.4, 0.5) is 0 Å². The molecule has 0 aromatic heterocycles. The number of hydrogen-bond donors (Lipinski definition) is 2. The zero-order valence-electron chi connectivity index (χ0n) is 5.57. The van der Waals surface area contributed by atoms with Crippen molar-refractivity contribution in [2.45, 2.75) is 6.92 Å². The van der Waals surface area contributed by atoms with Crippen LogP contribution in [0.1, 0.15) is 6.92 Å². The van der Waals surface area contributed by atoms with Crippen LogP contribution in [-0.4, -0.2) is 22.2 Å². The molecule has 0 amide bonds. The maximum Gasteiger partial charge on any atom is 0.318 e. The Kier molecular flexibility index (Phi) is 2.86. The number of rotatable bonds is 3. The maximum atomic E-state index is 10.2. The van der Waals surface area contributed by atoms with Gasteiger partial charge in [-0.3, -0.25) is 9.59 Å². The van der Waals surface area contributed by atoms with Crippen LogP contribution in [0.25, 0.3) is 0 Å². The minimum absolute atomic E-state index is 0.616. The van der Waals surface area contributed by atoms with Crippen molar-refractivity contribution in [3.05, 3.63) is 6.92 Å². The first-order valence-electron chi connectivity index (χ1n) is 2.75. The van der Waals surface area contributed by atoms with Crippen molar-refractivity contribution in [2.24, 2.45) is 11.8 Å². The maximum absolute atomic E-state index is 10.2. The third-order valence-electron chi connectivity index (χ3n) is 1.10. The highest BCUT2D eigenvalue weighted by Crippen LogP contribution is 2.09. The lowest BCUT2D eigenvalue weighted by atomic mass is 9.97. The molecule has 0 fully saturated rings. The molecule has 0 aliphatic carbocycles. The molecule has 4 heteroatoms. The van der Waals surface area contributed by atoms with Crippen molar-refractivity contribution in [3.63, 3.8) is 0 Å². The molecule has 0 aliphatic rings. The molecule has 4 nitrogen and oxygen atoms in total. The lowest BCUT2D eigenvalue weighted by molar-refractivity contribution is -0.156. The summed E-state index contributed by atoms with van der Waals surface area (Å²) in [6.45, 7) is 4.77. The van der Waals surface area contributed by atoms with E-state index in [1.165, 1.54) is 6.92 Å². The number of carboxylic acid groups (broad SMARTS) is 2. The second-order valence-corrected chi connectivity index (χ2v) is 2.13. The molecule has 0 saturated carbocycles. The van der Waals surface area contributed by atoms with E-state index in [-0.39, 0.29) is 0 Å². The van der Waals surface area contributed by atoms with E-state index in [2.05, 4.69) is 6.92 Å². The summed E-state index contributed by atoms with van der Waals surface area (Å²) in [6.07, 6.45) is 0. The molecule has 57 valence electrons. The van der Waals surface area contributed by atoms with E-state index in [0.29, 0.717) is 0 Å². The number of carbonyl (C=O) groups is 2. The van der Waals surface area contributed by atoms with E-state index < -0.39 is 23.8 Å². The molecule has 0 saturated heterocycles. The standard InChI is InChI=1S/C6H9O4/c1-3(2)4(5(7)8)6(9)10/h3-4H,1H2,2H3,(H,7,8)(H,9,10). The van der Waals surface area contributed by atoms with Crippen molar-refractivity contribution >= 4 is 11.9 Å². The quantitative estimate of drug-likeness (QED) is 0.558. The molecule has 1 radical (unpaired) electrons. The molecule has 0 rings (SSSR count). The van der Waals surface area contributed by atoms with Crippen molar-refractivity contribution in [1.82, 2.24) is 0 Å². The first-order valence-corrected chi connectivity index (χ1v) is 2.75. The predicted molar refractivity (Wildman–Crippen MR) is 33.3 cm³/mol. The van der Waals surface area contributed by atoms with Gasteiger partial charge in [0.2, 0.25) is 0 Å². The molecule has 1 atom stereocenters. The van der Waals surface area contributed by atoms with Gasteiger partial charge >= 0.3 is 11.9 Å². The van der Waals surface area contributed by atoms with Crippen LogP contribution in [-0.2, 0) is 9.59 Å². The summed E-state index contributed by atoms with van der Waals surface area (Å²) in [5.41, 5.74) is 0. The van der Waals surface area contributed by atoms with Crippen LogP contribution in [0.5, 0.6) is 0 Å². The van der Waals surface area contributed by atoms with Gasteiger partial charge in [-0.25, -0.2) is 0 Å². The summed E-state index contributed by atoms with van der Waals surface area (Å²) in [4.78, 5) is 20.3. The van der Waals surface area contributed by atoms with Gasteiger partial charge in [-0.1, -0.05) is 6.92 Å². The summed E-state index contributed by atoms with van der Waals surface area (Å²) < 4.78 is 0. The fraction of sp³-hybridized carbons (Fsp3) is 0.500. The van der Waals surface area contributed by atoms with Crippen molar-refractivity contribution in [2.75, 3.05) is 0 Å². The Hall–Kier alpha value is -1.06. The molecule has 0 heterocycles. The van der Waals surface area contributed by atoms with E-state index in [4.69, 9.17) is 10.2 Å². The highest BCUT2D eigenvalue weighted by molar-refractivity contribution is 5.93. The molecule has 0 aliphatic heterocycles. The Morgan fingerprint density at radius 3 is 1.60 bits per heavy atom. The Morgan fingerprint density at radius 2 is 1.60 bits per heavy atom. The summed E-state index contributed by atoms with van der Waals surface area (Å²) in [5.74, 6) is -4.68. The lowest BCUT2D eigenvalue weighted by Gasteiger charge is -2.09. The zero-order chi connectivity index (χ0) is 8.31.